The summed E-state index contributed by atoms with van der Waals surface area (Å²) >= 11 is 0. The molecule has 1 unspecified atom stereocenters. The number of ether oxygens (including phenoxy) is 1. The molecule has 1 aromatic rings. The number of alkyl carbamates (subject to hydrolysis) is 1. The molecule has 19 heavy (non-hydrogen) atoms. The Morgan fingerprint density at radius 2 is 1.79 bits per heavy atom. The Balaban J connectivity index is 2.89. The van der Waals surface area contributed by atoms with Gasteiger partial charge in [-0.2, -0.15) is 0 Å². The molecule has 1 aromatic carbocycles. The molecule has 0 radical (unpaired) electrons. The predicted octanol–water partition coefficient (Wildman–Crippen LogP) is 3.33. The number of Topliss-reactive ketones (excluding diaryl/α,β-unsaturated/α-hetero) is 1. The summed E-state index contributed by atoms with van der Waals surface area (Å²) in [5.74, 6) is 0.432. The van der Waals surface area contributed by atoms with E-state index in [4.69, 9.17) is 4.74 Å². The van der Waals surface area contributed by atoms with Crippen molar-refractivity contribution in [2.45, 2.75) is 33.3 Å². The molecule has 0 heterocycles. The van der Waals surface area contributed by atoms with E-state index in [1.165, 1.54) is 14.0 Å². The van der Waals surface area contributed by atoms with Gasteiger partial charge < -0.3 is 10.1 Å². The van der Waals surface area contributed by atoms with Gasteiger partial charge in [0.1, 0.15) is 6.10 Å². The van der Waals surface area contributed by atoms with Gasteiger partial charge in [-0.3, -0.25) is 4.79 Å². The molecule has 1 rings (SSSR count). The van der Waals surface area contributed by atoms with Gasteiger partial charge in [0, 0.05) is 12.6 Å². The fourth-order valence-corrected chi connectivity index (χ4v) is 1.80. The Kier molecular flexibility index (Phi) is 5.55. The van der Waals surface area contributed by atoms with Gasteiger partial charge in [-0.25, -0.2) is 4.79 Å². The topological polar surface area (TPSA) is 55.4 Å². The van der Waals surface area contributed by atoms with Gasteiger partial charge >= 0.3 is 6.09 Å². The Morgan fingerprint density at radius 1 is 1.21 bits per heavy atom. The Morgan fingerprint density at radius 3 is 2.21 bits per heavy atom. The first-order chi connectivity index (χ1) is 8.93. The van der Waals surface area contributed by atoms with Gasteiger partial charge in [-0.1, -0.05) is 38.1 Å². The molecule has 0 bridgehead atoms. The van der Waals surface area contributed by atoms with Crippen molar-refractivity contribution < 1.29 is 14.3 Å². The molecule has 4 heteroatoms. The molecule has 104 valence electrons. The van der Waals surface area contributed by atoms with E-state index in [-0.39, 0.29) is 11.9 Å². The maximum absolute atomic E-state index is 11.4. The molecule has 1 N–H and O–H groups in total. The summed E-state index contributed by atoms with van der Waals surface area (Å²) in [6, 6.07) is 7.20. The highest BCUT2D eigenvalue weighted by molar-refractivity contribution is 5.94. The van der Waals surface area contributed by atoms with Crippen molar-refractivity contribution in [3.8, 4) is 0 Å². The van der Waals surface area contributed by atoms with Crippen LogP contribution in [0.1, 0.15) is 49.2 Å². The molecular formula is C15H21NO3. The molecule has 0 fully saturated rings. The van der Waals surface area contributed by atoms with Gasteiger partial charge in [0.25, 0.3) is 0 Å². The monoisotopic (exact) mass is 263 g/mol. The van der Waals surface area contributed by atoms with Crippen LogP contribution in [0.25, 0.3) is 0 Å². The standard InChI is InChI=1S/C15H21NO3/c1-10(2)9-14(19-15(18)16-4)13-7-5-12(6-8-13)11(3)17/h5-8,10,14H,9H2,1-4H3,(H,16,18). The summed E-state index contributed by atoms with van der Waals surface area (Å²) in [6.07, 6.45) is 0.00887. The normalized spacial score (nSPS) is 12.1. The second kappa shape index (κ2) is 6.92. The van der Waals surface area contributed by atoms with Gasteiger partial charge in [-0.15, -0.1) is 0 Å². The van der Waals surface area contributed by atoms with Crippen LogP contribution in [0.15, 0.2) is 24.3 Å². The second-order valence-corrected chi connectivity index (χ2v) is 4.95. The number of nitrogens with one attached hydrogen (secondary N) is 1. The van der Waals surface area contributed by atoms with Crippen LogP contribution in [0.3, 0.4) is 0 Å². The van der Waals surface area contributed by atoms with Crippen LogP contribution in [-0.4, -0.2) is 18.9 Å². The zero-order valence-electron chi connectivity index (χ0n) is 11.9. The van der Waals surface area contributed by atoms with Crippen molar-refractivity contribution in [1.82, 2.24) is 5.32 Å². The summed E-state index contributed by atoms with van der Waals surface area (Å²) in [5.41, 5.74) is 1.56. The third-order valence-corrected chi connectivity index (χ3v) is 2.83. The summed E-state index contributed by atoms with van der Waals surface area (Å²) in [5, 5.41) is 2.45. The van der Waals surface area contributed by atoms with E-state index in [0.29, 0.717) is 11.5 Å². The number of ketones is 1. The second-order valence-electron chi connectivity index (χ2n) is 4.95. The Bertz CT molecular complexity index is 437. The number of amides is 1. The van der Waals surface area contributed by atoms with Gasteiger partial charge in [0.05, 0.1) is 0 Å². The van der Waals surface area contributed by atoms with Gasteiger partial charge in [-0.05, 0) is 24.8 Å². The predicted molar refractivity (Wildman–Crippen MR) is 74.2 cm³/mol. The highest BCUT2D eigenvalue weighted by Crippen LogP contribution is 2.25. The summed E-state index contributed by atoms with van der Waals surface area (Å²) in [7, 11) is 1.54. The molecule has 0 saturated heterocycles. The van der Waals surface area contributed by atoms with Crippen LogP contribution in [-0.2, 0) is 4.74 Å². The maximum Gasteiger partial charge on any atom is 0.407 e. The van der Waals surface area contributed by atoms with Gasteiger partial charge in [0.15, 0.2) is 5.78 Å². The molecule has 4 nitrogen and oxygen atoms in total. The van der Waals surface area contributed by atoms with E-state index >= 15 is 0 Å². The van der Waals surface area contributed by atoms with Crippen LogP contribution in [0.4, 0.5) is 4.79 Å². The van der Waals surface area contributed by atoms with Crippen molar-refractivity contribution in [2.75, 3.05) is 7.05 Å². The zero-order chi connectivity index (χ0) is 14.4. The van der Waals surface area contributed by atoms with Crippen molar-refractivity contribution >= 4 is 11.9 Å². The van der Waals surface area contributed by atoms with Crippen molar-refractivity contribution in [3.05, 3.63) is 35.4 Å². The average molecular weight is 263 g/mol. The van der Waals surface area contributed by atoms with E-state index in [2.05, 4.69) is 19.2 Å². The molecule has 0 saturated carbocycles. The van der Waals surface area contributed by atoms with Gasteiger partial charge in [0.2, 0.25) is 0 Å². The average Bonchev–Trinajstić information content (AvgIpc) is 2.37. The summed E-state index contributed by atoms with van der Waals surface area (Å²) in [4.78, 5) is 22.6. The minimum absolute atomic E-state index is 0.0270. The van der Waals surface area contributed by atoms with E-state index in [1.807, 2.05) is 12.1 Å². The van der Waals surface area contributed by atoms with Crippen LogP contribution in [0, 0.1) is 5.92 Å². The minimum atomic E-state index is -0.443. The number of hydrogen-bond donors (Lipinski definition) is 1. The molecular weight excluding hydrogens is 242 g/mol. The molecule has 0 spiro atoms. The molecule has 1 amide bonds. The quantitative estimate of drug-likeness (QED) is 0.829. The van der Waals surface area contributed by atoms with E-state index in [9.17, 15) is 9.59 Å². The summed E-state index contributed by atoms with van der Waals surface area (Å²) < 4.78 is 5.36. The van der Waals surface area contributed by atoms with E-state index in [0.717, 1.165) is 12.0 Å². The highest BCUT2D eigenvalue weighted by atomic mass is 16.6. The fourth-order valence-electron chi connectivity index (χ4n) is 1.80. The maximum atomic E-state index is 11.4. The first kappa shape index (κ1) is 15.2. The Labute approximate surface area is 114 Å². The van der Waals surface area contributed by atoms with E-state index < -0.39 is 6.09 Å². The van der Waals surface area contributed by atoms with Crippen LogP contribution >= 0.6 is 0 Å². The summed E-state index contributed by atoms with van der Waals surface area (Å²) in [6.45, 7) is 5.68. The number of rotatable bonds is 5. The lowest BCUT2D eigenvalue weighted by atomic mass is 9.98. The fraction of sp³-hybridized carbons (Fsp3) is 0.467. The SMILES string of the molecule is CNC(=O)OC(CC(C)C)c1ccc(C(C)=O)cc1. The largest absolute Gasteiger partial charge is 0.441 e. The van der Waals surface area contributed by atoms with Crippen LogP contribution < -0.4 is 5.32 Å². The molecule has 0 aliphatic rings. The minimum Gasteiger partial charge on any atom is -0.441 e. The molecule has 0 aromatic heterocycles. The van der Waals surface area contributed by atoms with Crippen molar-refractivity contribution in [2.24, 2.45) is 5.92 Å². The van der Waals surface area contributed by atoms with Crippen molar-refractivity contribution in [3.63, 3.8) is 0 Å². The van der Waals surface area contributed by atoms with Crippen molar-refractivity contribution in [1.29, 1.82) is 0 Å². The zero-order valence-corrected chi connectivity index (χ0v) is 11.9. The first-order valence-electron chi connectivity index (χ1n) is 6.43. The Hall–Kier alpha value is -1.84. The number of benzene rings is 1. The molecule has 0 aliphatic heterocycles. The number of carbonyl (C=O) groups is 2. The molecule has 1 atom stereocenters. The first-order valence-corrected chi connectivity index (χ1v) is 6.43. The lowest BCUT2D eigenvalue weighted by Gasteiger charge is -2.20. The molecule has 0 aliphatic carbocycles. The number of hydrogen-bond acceptors (Lipinski definition) is 3. The van der Waals surface area contributed by atoms with Crippen LogP contribution in [0.5, 0.6) is 0 Å². The van der Waals surface area contributed by atoms with E-state index in [1.54, 1.807) is 12.1 Å². The lowest BCUT2D eigenvalue weighted by Crippen LogP contribution is -2.22. The smallest absolute Gasteiger partial charge is 0.407 e. The third kappa shape index (κ3) is 4.73. The highest BCUT2D eigenvalue weighted by Gasteiger charge is 2.17. The van der Waals surface area contributed by atoms with Crippen LogP contribution in [0.2, 0.25) is 0 Å². The number of carbonyl (C=O) groups excluding carboxylic acids is 2. The third-order valence-electron chi connectivity index (χ3n) is 2.83. The lowest BCUT2D eigenvalue weighted by molar-refractivity contribution is 0.0866.